The monoisotopic (exact) mass is 704 g/mol. The zero-order chi connectivity index (χ0) is 35.6. The lowest BCUT2D eigenvalue weighted by Gasteiger charge is -2.71. The van der Waals surface area contributed by atoms with Crippen molar-refractivity contribution < 1.29 is 19.8 Å². The summed E-state index contributed by atoms with van der Waals surface area (Å²) < 4.78 is 0. The van der Waals surface area contributed by atoms with Gasteiger partial charge in [-0.3, -0.25) is 4.79 Å². The molecule has 1 unspecified atom stereocenters. The van der Waals surface area contributed by atoms with Crippen LogP contribution in [0.3, 0.4) is 0 Å². The Bertz CT molecular complexity index is 1840. The number of amides is 2. The summed E-state index contributed by atoms with van der Waals surface area (Å²) in [4.78, 5) is 32.0. The minimum absolute atomic E-state index is 0.0244. The van der Waals surface area contributed by atoms with Crippen LogP contribution in [0, 0.1) is 33.5 Å². The first-order valence-electron chi connectivity index (χ1n) is 19.0. The SMILES string of the molecule is C[C@@H](NC(=O)N(CCc1cccs1)C[C@]1(O)CC[C@H]2[C@]34C=C[C@@]5(C=C3C(=O)c3ccccc3)CC(O)CC[C@]5(C)[C@H]4CC[C@@]21C)c1ccccc1. The number of urea groups is 1. The van der Waals surface area contributed by atoms with Crippen molar-refractivity contribution in [2.45, 2.75) is 89.9 Å². The summed E-state index contributed by atoms with van der Waals surface area (Å²) in [6.07, 6.45) is 12.7. The van der Waals surface area contributed by atoms with Crippen molar-refractivity contribution in [3.05, 3.63) is 118 Å². The minimum atomic E-state index is -1.13. The molecule has 9 rings (SSSR count). The highest BCUT2D eigenvalue weighted by atomic mass is 32.1. The normalized spacial score (nSPS) is 36.7. The van der Waals surface area contributed by atoms with Gasteiger partial charge in [-0.25, -0.2) is 4.79 Å². The van der Waals surface area contributed by atoms with Gasteiger partial charge in [0.15, 0.2) is 5.78 Å². The third-order valence-electron chi connectivity index (χ3n) is 14.6. The first kappa shape index (κ1) is 34.6. The molecule has 9 atom stereocenters. The van der Waals surface area contributed by atoms with E-state index in [1.807, 2.05) is 78.6 Å². The van der Waals surface area contributed by atoms with Crippen LogP contribution in [0.5, 0.6) is 0 Å². The number of Topliss-reactive ketones (excluding diaryl/α,β-unsaturated/α-hetero) is 1. The van der Waals surface area contributed by atoms with Crippen molar-refractivity contribution in [2.24, 2.45) is 33.5 Å². The molecule has 7 heteroatoms. The van der Waals surface area contributed by atoms with E-state index in [-0.39, 0.29) is 53.2 Å². The maximum Gasteiger partial charge on any atom is 0.317 e. The Hall–Kier alpha value is -3.52. The van der Waals surface area contributed by atoms with E-state index in [2.05, 4.69) is 48.8 Å². The van der Waals surface area contributed by atoms with Crippen LogP contribution in [0.1, 0.15) is 92.6 Å². The third kappa shape index (κ3) is 5.24. The molecule has 3 fully saturated rings. The molecule has 0 saturated heterocycles. The maximum absolute atomic E-state index is 14.7. The van der Waals surface area contributed by atoms with Gasteiger partial charge in [-0.05, 0) is 92.6 Å². The van der Waals surface area contributed by atoms with Gasteiger partial charge in [-0.2, -0.15) is 0 Å². The number of benzene rings is 2. The molecule has 6 nitrogen and oxygen atoms in total. The zero-order valence-corrected chi connectivity index (χ0v) is 31.0. The van der Waals surface area contributed by atoms with Crippen LogP contribution in [-0.2, 0) is 6.42 Å². The third-order valence-corrected chi connectivity index (χ3v) is 15.5. The molecule has 3 saturated carbocycles. The summed E-state index contributed by atoms with van der Waals surface area (Å²) in [6, 6.07) is 23.5. The lowest BCUT2D eigenvalue weighted by Crippen LogP contribution is -2.67. The molecule has 0 aliphatic heterocycles. The number of nitrogens with one attached hydrogen (secondary N) is 1. The summed E-state index contributed by atoms with van der Waals surface area (Å²) in [5.74, 6) is 0.315. The summed E-state index contributed by atoms with van der Waals surface area (Å²) in [5, 5.41) is 29.4. The Morgan fingerprint density at radius 2 is 1.59 bits per heavy atom. The molecule has 1 aromatic heterocycles. The zero-order valence-electron chi connectivity index (χ0n) is 30.2. The molecular weight excluding hydrogens is 653 g/mol. The Morgan fingerprint density at radius 1 is 0.902 bits per heavy atom. The fraction of sp³-hybridized carbons (Fsp3) is 0.500. The van der Waals surface area contributed by atoms with Crippen molar-refractivity contribution in [2.75, 3.05) is 13.1 Å². The van der Waals surface area contributed by atoms with E-state index in [0.717, 1.165) is 49.7 Å². The van der Waals surface area contributed by atoms with Gasteiger partial charge in [-0.1, -0.05) is 98.8 Å². The molecule has 2 aromatic carbocycles. The standard InChI is InChI=1S/C44H52N2O4S/c1-30(31-11-6-4-7-12-31)45-39(49)46(25-19-34-15-10-26-51-34)29-43(50)22-18-37-41(43,3)21-17-36-40(2)20-16-33(47)27-42(40)23-24-44(36,37)35(28-42)38(48)32-13-8-5-9-14-32/h4-15,23-24,26,28,30,33,36-37,47,50H,16-22,25,27,29H2,1-3H3,(H,45,49)/t30-,33?,36-,37-,40-,41+,42+,43-,44-/m1/s1. The molecule has 268 valence electrons. The second kappa shape index (κ2) is 12.6. The van der Waals surface area contributed by atoms with E-state index in [0.29, 0.717) is 24.9 Å². The van der Waals surface area contributed by atoms with Crippen LogP contribution in [0.4, 0.5) is 4.79 Å². The molecule has 0 radical (unpaired) electrons. The highest BCUT2D eigenvalue weighted by Gasteiger charge is 2.74. The van der Waals surface area contributed by atoms with Gasteiger partial charge < -0.3 is 20.4 Å². The summed E-state index contributed by atoms with van der Waals surface area (Å²) >= 11 is 1.69. The number of hydrogen-bond donors (Lipinski definition) is 3. The Kier molecular flexibility index (Phi) is 8.51. The Balaban J connectivity index is 1.16. The topological polar surface area (TPSA) is 89.9 Å². The van der Waals surface area contributed by atoms with Crippen LogP contribution in [0.2, 0.25) is 0 Å². The van der Waals surface area contributed by atoms with Crippen LogP contribution < -0.4 is 5.32 Å². The molecule has 3 N–H and O–H groups in total. The lowest BCUT2D eigenvalue weighted by atomic mass is 9.32. The number of hydrogen-bond acceptors (Lipinski definition) is 5. The molecule has 2 bridgehead atoms. The molecule has 6 aliphatic rings. The summed E-state index contributed by atoms with van der Waals surface area (Å²) in [6.45, 7) is 7.41. The Morgan fingerprint density at radius 3 is 2.31 bits per heavy atom. The fourth-order valence-electron chi connectivity index (χ4n) is 11.7. The van der Waals surface area contributed by atoms with Gasteiger partial charge in [0.2, 0.25) is 0 Å². The van der Waals surface area contributed by atoms with E-state index in [1.54, 1.807) is 11.3 Å². The average molecular weight is 705 g/mol. The fourth-order valence-corrected chi connectivity index (χ4v) is 12.4. The maximum atomic E-state index is 14.7. The van der Waals surface area contributed by atoms with Gasteiger partial charge in [0.1, 0.15) is 0 Å². The van der Waals surface area contributed by atoms with Gasteiger partial charge in [0.25, 0.3) is 0 Å². The number of ketones is 1. The van der Waals surface area contributed by atoms with Crippen molar-refractivity contribution in [3.63, 3.8) is 0 Å². The Labute approximate surface area is 306 Å². The number of carbonyl (C=O) groups excluding carboxylic acids is 2. The first-order valence-corrected chi connectivity index (χ1v) is 19.9. The molecule has 2 amide bonds. The van der Waals surface area contributed by atoms with Crippen molar-refractivity contribution >= 4 is 23.2 Å². The number of fused-ring (bicyclic) bond motifs is 1. The first-order chi connectivity index (χ1) is 24.4. The van der Waals surface area contributed by atoms with E-state index in [4.69, 9.17) is 0 Å². The molecule has 3 aromatic rings. The molecule has 2 spiro atoms. The van der Waals surface area contributed by atoms with E-state index in [9.17, 15) is 19.8 Å². The summed E-state index contributed by atoms with van der Waals surface area (Å²) in [7, 11) is 0. The van der Waals surface area contributed by atoms with Crippen molar-refractivity contribution in [3.8, 4) is 0 Å². The van der Waals surface area contributed by atoms with Gasteiger partial charge in [-0.15, -0.1) is 11.3 Å². The second-order valence-electron chi connectivity index (χ2n) is 16.8. The predicted octanol–water partition coefficient (Wildman–Crippen LogP) is 8.54. The molecule has 6 aliphatic carbocycles. The number of allylic oxidation sites excluding steroid dienone is 4. The number of aliphatic hydroxyl groups excluding tert-OH is 1. The second-order valence-corrected chi connectivity index (χ2v) is 17.9. The van der Waals surface area contributed by atoms with Gasteiger partial charge in [0.05, 0.1) is 24.3 Å². The van der Waals surface area contributed by atoms with Gasteiger partial charge >= 0.3 is 6.03 Å². The molecule has 1 heterocycles. The van der Waals surface area contributed by atoms with Crippen LogP contribution in [-0.4, -0.2) is 51.7 Å². The number of rotatable bonds is 9. The summed E-state index contributed by atoms with van der Waals surface area (Å²) in [5.41, 5.74) is -0.0712. The predicted molar refractivity (Wildman–Crippen MR) is 202 cm³/mol. The average Bonchev–Trinajstić information content (AvgIpc) is 3.76. The van der Waals surface area contributed by atoms with Crippen molar-refractivity contribution in [1.29, 1.82) is 0 Å². The highest BCUT2D eigenvalue weighted by molar-refractivity contribution is 7.09. The smallest absolute Gasteiger partial charge is 0.317 e. The van der Waals surface area contributed by atoms with Crippen LogP contribution in [0.25, 0.3) is 0 Å². The lowest BCUT2D eigenvalue weighted by molar-refractivity contribution is -0.174. The largest absolute Gasteiger partial charge is 0.393 e. The molecular formula is C44H52N2O4S. The number of aliphatic hydroxyl groups is 2. The van der Waals surface area contributed by atoms with Crippen LogP contribution in [0.15, 0.2) is 102 Å². The quantitative estimate of drug-likeness (QED) is 0.154. The molecule has 51 heavy (non-hydrogen) atoms. The number of carbonyl (C=O) groups is 2. The van der Waals surface area contributed by atoms with Crippen molar-refractivity contribution in [1.82, 2.24) is 10.2 Å². The minimum Gasteiger partial charge on any atom is -0.393 e. The van der Waals surface area contributed by atoms with E-state index < -0.39 is 16.4 Å². The van der Waals surface area contributed by atoms with E-state index in [1.165, 1.54) is 4.88 Å². The number of nitrogens with zero attached hydrogens (tertiary/aromatic N) is 1. The van der Waals surface area contributed by atoms with Crippen LogP contribution >= 0.6 is 11.3 Å². The number of thiophene rings is 1. The van der Waals surface area contributed by atoms with E-state index >= 15 is 0 Å². The van der Waals surface area contributed by atoms with Gasteiger partial charge in [0, 0.05) is 38.8 Å². The highest BCUT2D eigenvalue weighted by Crippen LogP contribution is 2.78.